The molecule has 0 saturated carbocycles. The lowest BCUT2D eigenvalue weighted by molar-refractivity contribution is 0.605. The predicted molar refractivity (Wildman–Crippen MR) is 74.5 cm³/mol. The molecule has 1 aromatic carbocycles. The highest BCUT2D eigenvalue weighted by molar-refractivity contribution is 5.30. The van der Waals surface area contributed by atoms with Crippen molar-refractivity contribution in [2.45, 2.75) is 26.8 Å². The van der Waals surface area contributed by atoms with Gasteiger partial charge in [0.15, 0.2) is 0 Å². The van der Waals surface area contributed by atoms with E-state index < -0.39 is 0 Å². The molecule has 0 fully saturated rings. The van der Waals surface area contributed by atoms with Crippen LogP contribution in [0.3, 0.4) is 0 Å². The van der Waals surface area contributed by atoms with Crippen LogP contribution in [0, 0.1) is 19.7 Å². The summed E-state index contributed by atoms with van der Waals surface area (Å²) in [7, 11) is 2.00. The van der Waals surface area contributed by atoms with E-state index in [-0.39, 0.29) is 5.82 Å². The Morgan fingerprint density at radius 3 is 2.53 bits per heavy atom. The predicted octanol–water partition coefficient (Wildman–Crippen LogP) is 2.51. The number of nitrogens with one attached hydrogen (secondary N) is 1. The van der Waals surface area contributed by atoms with Crippen LogP contribution in [0.4, 0.5) is 4.39 Å². The lowest BCUT2D eigenvalue weighted by atomic mass is 10.1. The minimum absolute atomic E-state index is 0.100. The molecule has 0 atom stereocenters. The summed E-state index contributed by atoms with van der Waals surface area (Å²) in [5.74, 6) is 0.968. The van der Waals surface area contributed by atoms with E-state index in [1.807, 2.05) is 36.1 Å². The molecule has 2 aromatic rings. The molecule has 2 rings (SSSR count). The first-order chi connectivity index (χ1) is 9.08. The third-order valence-electron chi connectivity index (χ3n) is 3.27. The Hall–Kier alpha value is -1.68. The number of rotatable bonds is 5. The van der Waals surface area contributed by atoms with Crippen LogP contribution in [-0.4, -0.2) is 16.1 Å². The SMILES string of the molecule is Cc1cc(CNCCc2nccn2C)cc(C)c1F. The molecule has 0 aliphatic carbocycles. The molecule has 0 spiro atoms. The van der Waals surface area contributed by atoms with Crippen LogP contribution in [0.25, 0.3) is 0 Å². The van der Waals surface area contributed by atoms with Gasteiger partial charge in [-0.15, -0.1) is 0 Å². The van der Waals surface area contributed by atoms with Crippen molar-refractivity contribution in [2.75, 3.05) is 6.54 Å². The molecule has 1 aromatic heterocycles. The van der Waals surface area contributed by atoms with Gasteiger partial charge in [-0.1, -0.05) is 12.1 Å². The second kappa shape index (κ2) is 5.97. The molecule has 4 heteroatoms. The number of hydrogen-bond acceptors (Lipinski definition) is 2. The van der Waals surface area contributed by atoms with Crippen molar-refractivity contribution < 1.29 is 4.39 Å². The van der Waals surface area contributed by atoms with Gasteiger partial charge in [0.25, 0.3) is 0 Å². The van der Waals surface area contributed by atoms with Gasteiger partial charge in [-0.3, -0.25) is 0 Å². The number of aromatic nitrogens is 2. The van der Waals surface area contributed by atoms with Crippen molar-refractivity contribution in [3.63, 3.8) is 0 Å². The molecule has 1 N–H and O–H groups in total. The van der Waals surface area contributed by atoms with Crippen LogP contribution < -0.4 is 5.32 Å². The molecule has 0 radical (unpaired) electrons. The molecule has 0 bridgehead atoms. The fourth-order valence-corrected chi connectivity index (χ4v) is 2.21. The first-order valence-electron chi connectivity index (χ1n) is 6.50. The second-order valence-corrected chi connectivity index (χ2v) is 4.92. The summed E-state index contributed by atoms with van der Waals surface area (Å²) in [6.07, 6.45) is 4.65. The minimum atomic E-state index is -0.100. The highest BCUT2D eigenvalue weighted by Gasteiger charge is 2.04. The molecule has 102 valence electrons. The molecule has 0 aliphatic rings. The maximum absolute atomic E-state index is 13.5. The van der Waals surface area contributed by atoms with E-state index in [4.69, 9.17) is 0 Å². The van der Waals surface area contributed by atoms with E-state index in [1.54, 1.807) is 13.8 Å². The normalized spacial score (nSPS) is 10.9. The average molecular weight is 261 g/mol. The van der Waals surface area contributed by atoms with Crippen molar-refractivity contribution in [2.24, 2.45) is 7.05 Å². The van der Waals surface area contributed by atoms with Crippen molar-refractivity contribution in [3.05, 3.63) is 52.9 Å². The number of benzene rings is 1. The van der Waals surface area contributed by atoms with Crippen LogP contribution in [-0.2, 0) is 20.0 Å². The van der Waals surface area contributed by atoms with E-state index in [0.29, 0.717) is 11.1 Å². The lowest BCUT2D eigenvalue weighted by Crippen LogP contribution is -2.18. The second-order valence-electron chi connectivity index (χ2n) is 4.92. The highest BCUT2D eigenvalue weighted by Crippen LogP contribution is 2.14. The summed E-state index contributed by atoms with van der Waals surface area (Å²) < 4.78 is 15.5. The molecule has 0 unspecified atom stereocenters. The number of nitrogens with zero attached hydrogens (tertiary/aromatic N) is 2. The quantitative estimate of drug-likeness (QED) is 0.838. The van der Waals surface area contributed by atoms with Gasteiger partial charge < -0.3 is 9.88 Å². The molecule has 3 nitrogen and oxygen atoms in total. The fourth-order valence-electron chi connectivity index (χ4n) is 2.21. The third kappa shape index (κ3) is 3.41. The fraction of sp³-hybridized carbons (Fsp3) is 0.400. The van der Waals surface area contributed by atoms with Crippen LogP contribution in [0.5, 0.6) is 0 Å². The average Bonchev–Trinajstić information content (AvgIpc) is 2.77. The first-order valence-corrected chi connectivity index (χ1v) is 6.50. The maximum Gasteiger partial charge on any atom is 0.129 e. The third-order valence-corrected chi connectivity index (χ3v) is 3.27. The maximum atomic E-state index is 13.5. The number of halogens is 1. The summed E-state index contributed by atoms with van der Waals surface area (Å²) in [4.78, 5) is 4.27. The summed E-state index contributed by atoms with van der Waals surface area (Å²) in [6, 6.07) is 3.80. The molecule has 0 saturated heterocycles. The summed E-state index contributed by atoms with van der Waals surface area (Å²) in [6.45, 7) is 5.23. The molecular weight excluding hydrogens is 241 g/mol. The molecule has 1 heterocycles. The lowest BCUT2D eigenvalue weighted by Gasteiger charge is -2.08. The first kappa shape index (κ1) is 13.7. The highest BCUT2D eigenvalue weighted by atomic mass is 19.1. The van der Waals surface area contributed by atoms with Gasteiger partial charge >= 0.3 is 0 Å². The number of hydrogen-bond donors (Lipinski definition) is 1. The van der Waals surface area contributed by atoms with E-state index in [1.165, 1.54) is 0 Å². The zero-order valence-corrected chi connectivity index (χ0v) is 11.7. The standard InChI is InChI=1S/C15H20FN3/c1-11-8-13(9-12(2)15(11)16)10-17-5-4-14-18-6-7-19(14)3/h6-9,17H,4-5,10H2,1-3H3. The summed E-state index contributed by atoms with van der Waals surface area (Å²) in [5, 5.41) is 3.37. The van der Waals surface area contributed by atoms with Gasteiger partial charge in [0.05, 0.1) is 0 Å². The van der Waals surface area contributed by atoms with Crippen LogP contribution in [0.2, 0.25) is 0 Å². The smallest absolute Gasteiger partial charge is 0.129 e. The largest absolute Gasteiger partial charge is 0.338 e. The van der Waals surface area contributed by atoms with E-state index in [0.717, 1.165) is 30.9 Å². The van der Waals surface area contributed by atoms with Crippen LogP contribution >= 0.6 is 0 Å². The van der Waals surface area contributed by atoms with Crippen LogP contribution in [0.15, 0.2) is 24.5 Å². The molecule has 0 amide bonds. The van der Waals surface area contributed by atoms with E-state index in [2.05, 4.69) is 10.3 Å². The van der Waals surface area contributed by atoms with Gasteiger partial charge in [-0.2, -0.15) is 0 Å². The van der Waals surface area contributed by atoms with Crippen molar-refractivity contribution >= 4 is 0 Å². The summed E-state index contributed by atoms with van der Waals surface area (Å²) in [5.41, 5.74) is 2.54. The van der Waals surface area contributed by atoms with Crippen molar-refractivity contribution in [1.29, 1.82) is 0 Å². The molecule has 0 aliphatic heterocycles. The Bertz CT molecular complexity index is 537. The number of imidazole rings is 1. The van der Waals surface area contributed by atoms with Gasteiger partial charge in [-0.25, -0.2) is 9.37 Å². The van der Waals surface area contributed by atoms with Gasteiger partial charge in [0.2, 0.25) is 0 Å². The Morgan fingerprint density at radius 1 is 1.26 bits per heavy atom. The van der Waals surface area contributed by atoms with Crippen LogP contribution in [0.1, 0.15) is 22.5 Å². The van der Waals surface area contributed by atoms with Crippen molar-refractivity contribution in [3.8, 4) is 0 Å². The Labute approximate surface area is 113 Å². The van der Waals surface area contributed by atoms with Gasteiger partial charge in [-0.05, 0) is 30.5 Å². The van der Waals surface area contributed by atoms with Crippen molar-refractivity contribution in [1.82, 2.24) is 14.9 Å². The minimum Gasteiger partial charge on any atom is -0.338 e. The van der Waals surface area contributed by atoms with Gasteiger partial charge in [0, 0.05) is 39.0 Å². The molecule has 19 heavy (non-hydrogen) atoms. The monoisotopic (exact) mass is 261 g/mol. The van der Waals surface area contributed by atoms with E-state index >= 15 is 0 Å². The van der Waals surface area contributed by atoms with E-state index in [9.17, 15) is 4.39 Å². The van der Waals surface area contributed by atoms with Gasteiger partial charge in [0.1, 0.15) is 11.6 Å². The Kier molecular flexibility index (Phi) is 4.32. The summed E-state index contributed by atoms with van der Waals surface area (Å²) >= 11 is 0. The topological polar surface area (TPSA) is 29.9 Å². The zero-order valence-electron chi connectivity index (χ0n) is 11.7. The molecular formula is C15H20FN3. The Morgan fingerprint density at radius 2 is 1.95 bits per heavy atom. The Balaban J connectivity index is 1.85. The zero-order chi connectivity index (χ0) is 13.8. The number of aryl methyl sites for hydroxylation is 3.